The molecular formula is C12H14N4O2. The van der Waals surface area contributed by atoms with E-state index in [9.17, 15) is 0 Å². The number of imidazole rings is 1. The van der Waals surface area contributed by atoms with Crippen LogP contribution in [0.5, 0.6) is 11.5 Å². The average molecular weight is 246 g/mol. The molecule has 94 valence electrons. The first-order valence-corrected chi connectivity index (χ1v) is 5.71. The Kier molecular flexibility index (Phi) is 2.47. The number of nitrogen functional groups attached to an aromatic ring is 1. The molecule has 0 spiro atoms. The summed E-state index contributed by atoms with van der Waals surface area (Å²) in [5.74, 6) is 3.40. The van der Waals surface area contributed by atoms with E-state index < -0.39 is 0 Å². The SMILES string of the molecule is Cc1nc(Nc2ccc3c(c2)OCCO3)c(N)[nH]1. The second kappa shape index (κ2) is 4.14. The molecule has 4 N–H and O–H groups in total. The minimum absolute atomic E-state index is 0.516. The van der Waals surface area contributed by atoms with Gasteiger partial charge in [-0.15, -0.1) is 0 Å². The van der Waals surface area contributed by atoms with E-state index in [1.54, 1.807) is 0 Å². The number of rotatable bonds is 2. The summed E-state index contributed by atoms with van der Waals surface area (Å²) < 4.78 is 11.0. The van der Waals surface area contributed by atoms with Crippen molar-refractivity contribution < 1.29 is 9.47 Å². The van der Waals surface area contributed by atoms with Crippen LogP contribution in [0.3, 0.4) is 0 Å². The Balaban J connectivity index is 1.87. The Morgan fingerprint density at radius 1 is 1.28 bits per heavy atom. The van der Waals surface area contributed by atoms with Crippen LogP contribution in [0.4, 0.5) is 17.3 Å². The Bertz CT molecular complexity index is 579. The first-order chi connectivity index (χ1) is 8.72. The van der Waals surface area contributed by atoms with Crippen molar-refractivity contribution in [2.45, 2.75) is 6.92 Å². The van der Waals surface area contributed by atoms with Crippen molar-refractivity contribution in [2.75, 3.05) is 24.3 Å². The molecule has 1 aliphatic heterocycles. The Morgan fingerprint density at radius 3 is 2.78 bits per heavy atom. The fourth-order valence-corrected chi connectivity index (χ4v) is 1.86. The van der Waals surface area contributed by atoms with Crippen LogP contribution < -0.4 is 20.5 Å². The van der Waals surface area contributed by atoms with Crippen molar-refractivity contribution in [1.82, 2.24) is 9.97 Å². The van der Waals surface area contributed by atoms with Gasteiger partial charge in [-0.05, 0) is 19.1 Å². The van der Waals surface area contributed by atoms with Gasteiger partial charge in [-0.1, -0.05) is 0 Å². The van der Waals surface area contributed by atoms with Gasteiger partial charge in [0.05, 0.1) is 0 Å². The summed E-state index contributed by atoms with van der Waals surface area (Å²) in [5, 5.41) is 3.14. The molecule has 0 fully saturated rings. The Hall–Kier alpha value is -2.37. The molecule has 1 aliphatic rings. The highest BCUT2D eigenvalue weighted by molar-refractivity contribution is 5.68. The summed E-state index contributed by atoms with van der Waals surface area (Å²) in [6, 6.07) is 5.64. The number of aromatic nitrogens is 2. The summed E-state index contributed by atoms with van der Waals surface area (Å²) in [4.78, 5) is 7.19. The second-order valence-corrected chi connectivity index (χ2v) is 4.07. The van der Waals surface area contributed by atoms with Gasteiger partial charge in [-0.2, -0.15) is 0 Å². The number of hydrogen-bond acceptors (Lipinski definition) is 5. The molecule has 6 nitrogen and oxygen atoms in total. The van der Waals surface area contributed by atoms with Gasteiger partial charge in [0, 0.05) is 11.8 Å². The van der Waals surface area contributed by atoms with Crippen molar-refractivity contribution in [2.24, 2.45) is 0 Å². The molecule has 0 unspecified atom stereocenters. The van der Waals surface area contributed by atoms with Gasteiger partial charge in [-0.3, -0.25) is 0 Å². The van der Waals surface area contributed by atoms with Gasteiger partial charge in [0.2, 0.25) is 0 Å². The van der Waals surface area contributed by atoms with E-state index in [4.69, 9.17) is 15.2 Å². The number of aromatic amines is 1. The fourth-order valence-electron chi connectivity index (χ4n) is 1.86. The number of ether oxygens (including phenoxy) is 2. The first kappa shape index (κ1) is 10.8. The van der Waals surface area contributed by atoms with E-state index in [-0.39, 0.29) is 0 Å². The number of hydrogen-bond donors (Lipinski definition) is 3. The van der Waals surface area contributed by atoms with E-state index in [0.717, 1.165) is 23.0 Å². The van der Waals surface area contributed by atoms with Crippen LogP contribution in [-0.2, 0) is 0 Å². The molecule has 0 radical (unpaired) electrons. The molecule has 3 rings (SSSR count). The molecule has 0 atom stereocenters. The van der Waals surface area contributed by atoms with Crippen molar-refractivity contribution in [3.05, 3.63) is 24.0 Å². The topological polar surface area (TPSA) is 85.2 Å². The van der Waals surface area contributed by atoms with Gasteiger partial charge < -0.3 is 25.5 Å². The van der Waals surface area contributed by atoms with E-state index in [1.807, 2.05) is 25.1 Å². The smallest absolute Gasteiger partial charge is 0.173 e. The number of aryl methyl sites for hydroxylation is 1. The first-order valence-electron chi connectivity index (χ1n) is 5.71. The largest absolute Gasteiger partial charge is 0.486 e. The molecule has 0 bridgehead atoms. The molecule has 2 heterocycles. The van der Waals surface area contributed by atoms with Gasteiger partial charge in [0.25, 0.3) is 0 Å². The molecular weight excluding hydrogens is 232 g/mol. The fraction of sp³-hybridized carbons (Fsp3) is 0.250. The lowest BCUT2D eigenvalue weighted by Gasteiger charge is -2.19. The van der Waals surface area contributed by atoms with Crippen molar-refractivity contribution in [3.63, 3.8) is 0 Å². The maximum atomic E-state index is 5.79. The monoisotopic (exact) mass is 246 g/mol. The maximum absolute atomic E-state index is 5.79. The van der Waals surface area contributed by atoms with Crippen LogP contribution in [0.1, 0.15) is 5.82 Å². The summed E-state index contributed by atoms with van der Waals surface area (Å²) in [7, 11) is 0. The number of nitrogens with one attached hydrogen (secondary N) is 2. The summed E-state index contributed by atoms with van der Waals surface area (Å²) >= 11 is 0. The predicted molar refractivity (Wildman–Crippen MR) is 68.5 cm³/mol. The lowest BCUT2D eigenvalue weighted by Crippen LogP contribution is -2.15. The van der Waals surface area contributed by atoms with Gasteiger partial charge in [-0.25, -0.2) is 4.98 Å². The third-order valence-corrected chi connectivity index (χ3v) is 2.66. The Morgan fingerprint density at radius 2 is 2.06 bits per heavy atom. The maximum Gasteiger partial charge on any atom is 0.173 e. The summed E-state index contributed by atoms with van der Waals surface area (Å²) in [6.07, 6.45) is 0. The molecule has 18 heavy (non-hydrogen) atoms. The zero-order valence-electron chi connectivity index (χ0n) is 9.99. The van der Waals surface area contributed by atoms with Crippen LogP contribution in [0, 0.1) is 6.92 Å². The van der Waals surface area contributed by atoms with Gasteiger partial charge in [0.15, 0.2) is 17.3 Å². The van der Waals surface area contributed by atoms with Crippen molar-refractivity contribution in [3.8, 4) is 11.5 Å². The lowest BCUT2D eigenvalue weighted by atomic mass is 10.2. The van der Waals surface area contributed by atoms with Crippen LogP contribution in [0.2, 0.25) is 0 Å². The van der Waals surface area contributed by atoms with Gasteiger partial charge >= 0.3 is 0 Å². The second-order valence-electron chi connectivity index (χ2n) is 4.07. The molecule has 2 aromatic rings. The molecule has 1 aromatic carbocycles. The van der Waals surface area contributed by atoms with Crippen LogP contribution in [0.15, 0.2) is 18.2 Å². The highest BCUT2D eigenvalue weighted by Gasteiger charge is 2.12. The van der Waals surface area contributed by atoms with E-state index >= 15 is 0 Å². The quantitative estimate of drug-likeness (QED) is 0.752. The Labute approximate surface area is 104 Å². The number of anilines is 3. The zero-order chi connectivity index (χ0) is 12.5. The third-order valence-electron chi connectivity index (χ3n) is 2.66. The average Bonchev–Trinajstić information content (AvgIpc) is 2.68. The minimum atomic E-state index is 0.516. The van der Waals surface area contributed by atoms with E-state index in [2.05, 4.69) is 15.3 Å². The van der Waals surface area contributed by atoms with Crippen LogP contribution in [0.25, 0.3) is 0 Å². The summed E-state index contributed by atoms with van der Waals surface area (Å²) in [6.45, 7) is 3.01. The van der Waals surface area contributed by atoms with Gasteiger partial charge in [0.1, 0.15) is 24.9 Å². The van der Waals surface area contributed by atoms with E-state index in [0.29, 0.717) is 24.8 Å². The number of fused-ring (bicyclic) bond motifs is 1. The van der Waals surface area contributed by atoms with Crippen molar-refractivity contribution in [1.29, 1.82) is 0 Å². The molecule has 0 aliphatic carbocycles. The van der Waals surface area contributed by atoms with E-state index in [1.165, 1.54) is 0 Å². The molecule has 0 saturated carbocycles. The number of H-pyrrole nitrogens is 1. The molecule has 1 aromatic heterocycles. The highest BCUT2D eigenvalue weighted by atomic mass is 16.6. The van der Waals surface area contributed by atoms with Crippen molar-refractivity contribution >= 4 is 17.3 Å². The lowest BCUT2D eigenvalue weighted by molar-refractivity contribution is 0.171. The number of nitrogens with two attached hydrogens (primary N) is 1. The zero-order valence-corrected chi connectivity index (χ0v) is 9.99. The predicted octanol–water partition coefficient (Wildman–Crippen LogP) is 1.82. The standard InChI is InChI=1S/C12H14N4O2/c1-7-14-11(13)12(15-7)16-8-2-3-9-10(6-8)18-5-4-17-9/h2-3,6,16H,4-5,13H2,1H3,(H,14,15). The van der Waals surface area contributed by atoms with Crippen LogP contribution >= 0.6 is 0 Å². The highest BCUT2D eigenvalue weighted by Crippen LogP contribution is 2.33. The molecule has 6 heteroatoms. The molecule has 0 amide bonds. The molecule has 0 saturated heterocycles. The summed E-state index contributed by atoms with van der Waals surface area (Å²) in [5.41, 5.74) is 6.65. The third kappa shape index (κ3) is 1.92. The number of nitrogens with zero attached hydrogens (tertiary/aromatic N) is 1. The minimum Gasteiger partial charge on any atom is -0.486 e. The van der Waals surface area contributed by atoms with Crippen LogP contribution in [-0.4, -0.2) is 23.2 Å². The normalized spacial score (nSPS) is 13.4. The number of benzene rings is 1.